The summed E-state index contributed by atoms with van der Waals surface area (Å²) in [5.41, 5.74) is 0. The Bertz CT molecular complexity index is 565. The van der Waals surface area contributed by atoms with E-state index in [0.29, 0.717) is 18.6 Å². The average molecular weight is 288 g/mol. The Kier molecular flexibility index (Phi) is 3.60. The summed E-state index contributed by atoms with van der Waals surface area (Å²) in [6.07, 6.45) is 6.53. The van der Waals surface area contributed by atoms with Crippen LogP contribution in [0.15, 0.2) is 35.0 Å². The first-order valence-electron chi connectivity index (χ1n) is 6.96. The number of likely N-dealkylation sites (tertiary alicyclic amines) is 1. The molecular formula is C15H16N2O4. The lowest BCUT2D eigenvalue weighted by molar-refractivity contribution is -0.143. The van der Waals surface area contributed by atoms with Crippen molar-refractivity contribution >= 4 is 17.7 Å². The first-order chi connectivity index (χ1) is 10.2. The van der Waals surface area contributed by atoms with Crippen molar-refractivity contribution in [3.63, 3.8) is 0 Å². The molecule has 3 rings (SSSR count). The summed E-state index contributed by atoms with van der Waals surface area (Å²) in [7, 11) is 0. The van der Waals surface area contributed by atoms with Crippen LogP contribution in [0.25, 0.3) is 0 Å². The average Bonchev–Trinajstić information content (AvgIpc) is 3.09. The van der Waals surface area contributed by atoms with Crippen molar-refractivity contribution < 1.29 is 18.8 Å². The Morgan fingerprint density at radius 2 is 1.90 bits per heavy atom. The van der Waals surface area contributed by atoms with Gasteiger partial charge in [-0.25, -0.2) is 0 Å². The lowest BCUT2D eigenvalue weighted by Crippen LogP contribution is -2.40. The van der Waals surface area contributed by atoms with E-state index in [-0.39, 0.29) is 42.6 Å². The second-order valence-corrected chi connectivity index (χ2v) is 5.27. The van der Waals surface area contributed by atoms with E-state index in [1.54, 1.807) is 12.1 Å². The molecule has 0 spiro atoms. The molecule has 2 atom stereocenters. The molecule has 0 aromatic carbocycles. The summed E-state index contributed by atoms with van der Waals surface area (Å²) in [6.45, 7) is 0.0296. The van der Waals surface area contributed by atoms with E-state index in [9.17, 15) is 14.4 Å². The number of imide groups is 1. The number of carbonyl (C=O) groups is 3. The molecule has 21 heavy (non-hydrogen) atoms. The summed E-state index contributed by atoms with van der Waals surface area (Å²) in [5, 5.41) is 2.64. The zero-order valence-corrected chi connectivity index (χ0v) is 11.5. The number of fused-ring (bicyclic) bond motifs is 1. The van der Waals surface area contributed by atoms with Crippen molar-refractivity contribution in [3.05, 3.63) is 36.3 Å². The van der Waals surface area contributed by atoms with Gasteiger partial charge in [0.15, 0.2) is 0 Å². The highest BCUT2D eigenvalue weighted by molar-refractivity contribution is 6.07. The van der Waals surface area contributed by atoms with Gasteiger partial charge in [-0.15, -0.1) is 0 Å². The minimum atomic E-state index is -0.361. The van der Waals surface area contributed by atoms with E-state index < -0.39 is 0 Å². The number of rotatable bonds is 4. The summed E-state index contributed by atoms with van der Waals surface area (Å²) in [5.74, 6) is -0.786. The zero-order valence-electron chi connectivity index (χ0n) is 11.5. The highest BCUT2D eigenvalue weighted by atomic mass is 16.3. The Morgan fingerprint density at radius 1 is 1.24 bits per heavy atom. The van der Waals surface area contributed by atoms with E-state index in [1.165, 1.54) is 6.26 Å². The van der Waals surface area contributed by atoms with Gasteiger partial charge in [0.05, 0.1) is 24.6 Å². The van der Waals surface area contributed by atoms with Crippen LogP contribution in [0.1, 0.15) is 18.6 Å². The summed E-state index contributed by atoms with van der Waals surface area (Å²) >= 11 is 0. The number of carbonyl (C=O) groups excluding carboxylic acids is 3. The van der Waals surface area contributed by atoms with Crippen LogP contribution in [0.3, 0.4) is 0 Å². The highest BCUT2D eigenvalue weighted by Gasteiger charge is 2.47. The van der Waals surface area contributed by atoms with Gasteiger partial charge >= 0.3 is 0 Å². The number of amides is 3. The van der Waals surface area contributed by atoms with Crippen LogP contribution >= 0.6 is 0 Å². The van der Waals surface area contributed by atoms with Gasteiger partial charge in [0.25, 0.3) is 0 Å². The van der Waals surface area contributed by atoms with Crippen molar-refractivity contribution in [2.24, 2.45) is 11.8 Å². The SMILES string of the molecule is O=C(CN1C(=O)C2CC=CCC2C1=O)NCc1ccco1. The predicted octanol–water partition coefficient (Wildman–Crippen LogP) is 0.847. The number of furan rings is 1. The van der Waals surface area contributed by atoms with Gasteiger partial charge in [-0.3, -0.25) is 19.3 Å². The third-order valence-electron chi connectivity index (χ3n) is 3.94. The van der Waals surface area contributed by atoms with Crippen molar-refractivity contribution in [3.8, 4) is 0 Å². The molecule has 0 radical (unpaired) electrons. The molecule has 3 amide bonds. The summed E-state index contributed by atoms with van der Waals surface area (Å²) in [4.78, 5) is 37.3. The van der Waals surface area contributed by atoms with Gasteiger partial charge in [-0.05, 0) is 25.0 Å². The zero-order chi connectivity index (χ0) is 14.8. The Labute approximate surface area is 121 Å². The van der Waals surface area contributed by atoms with Crippen molar-refractivity contribution in [1.82, 2.24) is 10.2 Å². The third-order valence-corrected chi connectivity index (χ3v) is 3.94. The monoisotopic (exact) mass is 288 g/mol. The van der Waals surface area contributed by atoms with Crippen molar-refractivity contribution in [2.45, 2.75) is 19.4 Å². The van der Waals surface area contributed by atoms with Gasteiger partial charge in [0, 0.05) is 0 Å². The number of nitrogens with one attached hydrogen (secondary N) is 1. The van der Waals surface area contributed by atoms with Crippen LogP contribution in [0.4, 0.5) is 0 Å². The minimum absolute atomic E-state index is 0.217. The smallest absolute Gasteiger partial charge is 0.240 e. The van der Waals surface area contributed by atoms with Crippen LogP contribution in [0.2, 0.25) is 0 Å². The second-order valence-electron chi connectivity index (χ2n) is 5.27. The molecule has 1 aliphatic heterocycles. The van der Waals surface area contributed by atoms with Gasteiger partial charge in [0.1, 0.15) is 12.3 Å². The Hall–Kier alpha value is -2.37. The summed E-state index contributed by atoms with van der Waals surface area (Å²) in [6, 6.07) is 3.47. The largest absolute Gasteiger partial charge is 0.467 e. The Balaban J connectivity index is 1.58. The number of nitrogens with zero attached hydrogens (tertiary/aromatic N) is 1. The van der Waals surface area contributed by atoms with E-state index in [4.69, 9.17) is 4.42 Å². The molecule has 1 aromatic heterocycles. The fourth-order valence-corrected chi connectivity index (χ4v) is 2.82. The topological polar surface area (TPSA) is 79.6 Å². The second kappa shape index (κ2) is 5.55. The Morgan fingerprint density at radius 3 is 2.48 bits per heavy atom. The maximum absolute atomic E-state index is 12.2. The lowest BCUT2D eigenvalue weighted by atomic mass is 9.85. The molecular weight excluding hydrogens is 272 g/mol. The van der Waals surface area contributed by atoms with Crippen LogP contribution in [0.5, 0.6) is 0 Å². The van der Waals surface area contributed by atoms with Gasteiger partial charge in [-0.1, -0.05) is 12.2 Å². The van der Waals surface area contributed by atoms with Crippen LogP contribution in [0, 0.1) is 11.8 Å². The quantitative estimate of drug-likeness (QED) is 0.658. The van der Waals surface area contributed by atoms with Crippen molar-refractivity contribution in [1.29, 1.82) is 0 Å². The number of allylic oxidation sites excluding steroid dienone is 2. The van der Waals surface area contributed by atoms with Crippen LogP contribution < -0.4 is 5.32 Å². The fraction of sp³-hybridized carbons (Fsp3) is 0.400. The molecule has 1 saturated heterocycles. The molecule has 110 valence electrons. The van der Waals surface area contributed by atoms with E-state index in [2.05, 4.69) is 5.32 Å². The molecule has 1 aliphatic carbocycles. The van der Waals surface area contributed by atoms with Gasteiger partial charge < -0.3 is 9.73 Å². The summed E-state index contributed by atoms with van der Waals surface area (Å²) < 4.78 is 5.10. The van der Waals surface area contributed by atoms with E-state index in [0.717, 1.165) is 4.90 Å². The van der Waals surface area contributed by atoms with Crippen LogP contribution in [-0.2, 0) is 20.9 Å². The van der Waals surface area contributed by atoms with Gasteiger partial charge in [-0.2, -0.15) is 0 Å². The van der Waals surface area contributed by atoms with Gasteiger partial charge in [0.2, 0.25) is 17.7 Å². The van der Waals surface area contributed by atoms with Crippen molar-refractivity contribution in [2.75, 3.05) is 6.54 Å². The van der Waals surface area contributed by atoms with E-state index in [1.807, 2.05) is 12.2 Å². The van der Waals surface area contributed by atoms with Crippen LogP contribution in [-0.4, -0.2) is 29.2 Å². The molecule has 2 aliphatic rings. The minimum Gasteiger partial charge on any atom is -0.467 e. The third kappa shape index (κ3) is 2.61. The molecule has 2 unspecified atom stereocenters. The first-order valence-corrected chi connectivity index (χ1v) is 6.96. The lowest BCUT2D eigenvalue weighted by Gasteiger charge is -2.14. The standard InChI is InChI=1S/C15H16N2O4/c18-13(16-8-10-4-3-7-21-10)9-17-14(19)11-5-1-2-6-12(11)15(17)20/h1-4,7,11-12H,5-6,8-9H2,(H,16,18). The molecule has 1 aromatic rings. The fourth-order valence-electron chi connectivity index (χ4n) is 2.82. The maximum atomic E-state index is 12.2. The molecule has 1 N–H and O–H groups in total. The molecule has 1 fully saturated rings. The van der Waals surface area contributed by atoms with E-state index >= 15 is 0 Å². The normalized spacial score (nSPS) is 24.3. The highest BCUT2D eigenvalue weighted by Crippen LogP contribution is 2.34. The molecule has 2 heterocycles. The molecule has 6 heteroatoms. The molecule has 6 nitrogen and oxygen atoms in total. The molecule has 0 saturated carbocycles. The first kappa shape index (κ1) is 13.6. The number of hydrogen-bond acceptors (Lipinski definition) is 4. The number of hydrogen-bond donors (Lipinski definition) is 1. The molecule has 0 bridgehead atoms. The predicted molar refractivity (Wildman–Crippen MR) is 72.6 cm³/mol. The maximum Gasteiger partial charge on any atom is 0.240 e.